The second kappa shape index (κ2) is 8.40. The lowest BCUT2D eigenvalue weighted by Crippen LogP contribution is -2.27. The Morgan fingerprint density at radius 1 is 1.21 bits per heavy atom. The fourth-order valence-electron chi connectivity index (χ4n) is 2.30. The number of benzene rings is 2. The molecule has 24 heavy (non-hydrogen) atoms. The summed E-state index contributed by atoms with van der Waals surface area (Å²) in [6.45, 7) is 5.52. The van der Waals surface area contributed by atoms with E-state index in [0.717, 1.165) is 12.1 Å². The van der Waals surface area contributed by atoms with Crippen LogP contribution in [0.5, 0.6) is 0 Å². The van der Waals surface area contributed by atoms with Crippen LogP contribution in [0.4, 0.5) is 4.39 Å². The van der Waals surface area contributed by atoms with Gasteiger partial charge in [0.2, 0.25) is 0 Å². The van der Waals surface area contributed by atoms with Crippen molar-refractivity contribution in [3.05, 3.63) is 69.4 Å². The second-order valence-electron chi connectivity index (χ2n) is 6.12. The molecular formula is C19H22BrFN2O. The molecule has 0 aliphatic heterocycles. The van der Waals surface area contributed by atoms with Crippen molar-refractivity contribution in [3.63, 3.8) is 0 Å². The Morgan fingerprint density at radius 2 is 1.88 bits per heavy atom. The van der Waals surface area contributed by atoms with Crippen molar-refractivity contribution in [2.45, 2.75) is 33.0 Å². The molecule has 5 heteroatoms. The van der Waals surface area contributed by atoms with E-state index >= 15 is 0 Å². The standard InChI is InChI=1S/C19H22BrFN2O/c1-13(2)23(3)12-15-7-5-4-6-14(15)11-22-19(24)16-8-17(20)10-18(21)9-16/h4-10,13H,11-12H2,1-3H3,(H,22,24). The predicted octanol–water partition coefficient (Wildman–Crippen LogP) is 4.36. The summed E-state index contributed by atoms with van der Waals surface area (Å²) in [5.41, 5.74) is 2.54. The van der Waals surface area contributed by atoms with Gasteiger partial charge in [-0.25, -0.2) is 4.39 Å². The van der Waals surface area contributed by atoms with Crippen LogP contribution in [-0.4, -0.2) is 23.9 Å². The van der Waals surface area contributed by atoms with Gasteiger partial charge < -0.3 is 5.32 Å². The zero-order valence-corrected chi connectivity index (χ0v) is 15.7. The Bertz CT molecular complexity index is 698. The molecule has 0 heterocycles. The number of hydrogen-bond donors (Lipinski definition) is 1. The topological polar surface area (TPSA) is 32.3 Å². The molecule has 2 aromatic carbocycles. The van der Waals surface area contributed by atoms with Crippen molar-refractivity contribution >= 4 is 21.8 Å². The van der Waals surface area contributed by atoms with E-state index in [1.807, 2.05) is 18.2 Å². The molecule has 0 saturated carbocycles. The summed E-state index contributed by atoms with van der Waals surface area (Å²) in [6.07, 6.45) is 0. The van der Waals surface area contributed by atoms with E-state index in [-0.39, 0.29) is 5.91 Å². The summed E-state index contributed by atoms with van der Waals surface area (Å²) in [6, 6.07) is 12.6. The van der Waals surface area contributed by atoms with Gasteiger partial charge in [0.15, 0.2) is 0 Å². The largest absolute Gasteiger partial charge is 0.348 e. The van der Waals surface area contributed by atoms with Crippen LogP contribution in [0.25, 0.3) is 0 Å². The molecule has 0 fully saturated rings. The third-order valence-electron chi connectivity index (χ3n) is 3.98. The van der Waals surface area contributed by atoms with Crippen LogP contribution in [0.3, 0.4) is 0 Å². The average Bonchev–Trinajstić information content (AvgIpc) is 2.52. The molecule has 0 saturated heterocycles. The molecule has 0 unspecified atom stereocenters. The van der Waals surface area contributed by atoms with Gasteiger partial charge >= 0.3 is 0 Å². The van der Waals surface area contributed by atoms with Crippen LogP contribution >= 0.6 is 15.9 Å². The monoisotopic (exact) mass is 392 g/mol. The van der Waals surface area contributed by atoms with Gasteiger partial charge in [-0.05, 0) is 50.2 Å². The molecule has 0 aliphatic carbocycles. The smallest absolute Gasteiger partial charge is 0.251 e. The summed E-state index contributed by atoms with van der Waals surface area (Å²) >= 11 is 3.20. The number of nitrogens with zero attached hydrogens (tertiary/aromatic N) is 1. The van der Waals surface area contributed by atoms with Crippen molar-refractivity contribution in [1.82, 2.24) is 10.2 Å². The molecule has 0 bridgehead atoms. The zero-order valence-electron chi connectivity index (χ0n) is 14.1. The molecule has 0 aliphatic rings. The number of amides is 1. The Labute approximate surface area is 151 Å². The molecule has 3 nitrogen and oxygen atoms in total. The van der Waals surface area contributed by atoms with E-state index < -0.39 is 5.82 Å². The van der Waals surface area contributed by atoms with E-state index in [2.05, 4.69) is 53.1 Å². The van der Waals surface area contributed by atoms with Gasteiger partial charge in [-0.15, -0.1) is 0 Å². The van der Waals surface area contributed by atoms with Crippen molar-refractivity contribution in [2.75, 3.05) is 7.05 Å². The van der Waals surface area contributed by atoms with Gasteiger partial charge in [-0.3, -0.25) is 9.69 Å². The highest BCUT2D eigenvalue weighted by atomic mass is 79.9. The van der Waals surface area contributed by atoms with E-state index in [4.69, 9.17) is 0 Å². The van der Waals surface area contributed by atoms with Gasteiger partial charge in [-0.2, -0.15) is 0 Å². The van der Waals surface area contributed by atoms with Gasteiger partial charge in [0.1, 0.15) is 5.82 Å². The molecule has 128 valence electrons. The lowest BCUT2D eigenvalue weighted by molar-refractivity contribution is 0.0950. The van der Waals surface area contributed by atoms with Gasteiger partial charge in [0.25, 0.3) is 5.91 Å². The SMILES string of the molecule is CC(C)N(C)Cc1ccccc1CNC(=O)c1cc(F)cc(Br)c1. The van der Waals surface area contributed by atoms with Crippen LogP contribution in [0, 0.1) is 5.82 Å². The van der Waals surface area contributed by atoms with Crippen LogP contribution in [0.2, 0.25) is 0 Å². The molecule has 0 atom stereocenters. The number of carbonyl (C=O) groups excluding carboxylic acids is 1. The minimum absolute atomic E-state index is 0.290. The average molecular weight is 393 g/mol. The highest BCUT2D eigenvalue weighted by Crippen LogP contribution is 2.16. The first-order valence-corrected chi connectivity index (χ1v) is 8.67. The van der Waals surface area contributed by atoms with Crippen LogP contribution in [-0.2, 0) is 13.1 Å². The second-order valence-corrected chi connectivity index (χ2v) is 7.03. The van der Waals surface area contributed by atoms with E-state index in [0.29, 0.717) is 22.6 Å². The minimum atomic E-state index is -0.437. The fourth-order valence-corrected chi connectivity index (χ4v) is 2.76. The van der Waals surface area contributed by atoms with Crippen LogP contribution in [0.1, 0.15) is 35.3 Å². The Hall–Kier alpha value is -1.72. The number of rotatable bonds is 6. The maximum Gasteiger partial charge on any atom is 0.251 e. The molecule has 0 radical (unpaired) electrons. The predicted molar refractivity (Wildman–Crippen MR) is 98.3 cm³/mol. The van der Waals surface area contributed by atoms with E-state index in [9.17, 15) is 9.18 Å². The summed E-state index contributed by atoms with van der Waals surface area (Å²) in [4.78, 5) is 14.5. The van der Waals surface area contributed by atoms with E-state index in [1.165, 1.54) is 17.7 Å². The number of hydrogen-bond acceptors (Lipinski definition) is 2. The lowest BCUT2D eigenvalue weighted by Gasteiger charge is -2.22. The van der Waals surface area contributed by atoms with Crippen molar-refractivity contribution in [2.24, 2.45) is 0 Å². The molecule has 0 spiro atoms. The quantitative estimate of drug-likeness (QED) is 0.791. The number of halogens is 2. The lowest BCUT2D eigenvalue weighted by atomic mass is 10.1. The normalized spacial score (nSPS) is 11.1. The Balaban J connectivity index is 2.07. The maximum atomic E-state index is 13.4. The van der Waals surface area contributed by atoms with Crippen LogP contribution < -0.4 is 5.32 Å². The Kier molecular flexibility index (Phi) is 6.52. The molecule has 0 aromatic heterocycles. The molecule has 2 rings (SSSR count). The van der Waals surface area contributed by atoms with Crippen LogP contribution in [0.15, 0.2) is 46.9 Å². The zero-order chi connectivity index (χ0) is 17.7. The highest BCUT2D eigenvalue weighted by molar-refractivity contribution is 9.10. The number of nitrogens with one attached hydrogen (secondary N) is 1. The summed E-state index contributed by atoms with van der Waals surface area (Å²) in [5.74, 6) is -0.726. The first-order chi connectivity index (χ1) is 11.4. The first kappa shape index (κ1) is 18.6. The molecule has 1 amide bonds. The summed E-state index contributed by atoms with van der Waals surface area (Å²) < 4.78 is 14.0. The first-order valence-electron chi connectivity index (χ1n) is 7.88. The molecular weight excluding hydrogens is 371 g/mol. The third kappa shape index (κ3) is 5.14. The minimum Gasteiger partial charge on any atom is -0.348 e. The van der Waals surface area contributed by atoms with E-state index in [1.54, 1.807) is 6.07 Å². The van der Waals surface area contributed by atoms with Crippen molar-refractivity contribution < 1.29 is 9.18 Å². The van der Waals surface area contributed by atoms with Gasteiger partial charge in [0.05, 0.1) is 0 Å². The maximum absolute atomic E-state index is 13.4. The third-order valence-corrected chi connectivity index (χ3v) is 4.44. The molecule has 1 N–H and O–H groups in total. The van der Waals surface area contributed by atoms with Gasteiger partial charge in [-0.1, -0.05) is 40.2 Å². The summed E-state index contributed by atoms with van der Waals surface area (Å²) in [7, 11) is 2.07. The van der Waals surface area contributed by atoms with Crippen molar-refractivity contribution in [1.29, 1.82) is 0 Å². The van der Waals surface area contributed by atoms with Gasteiger partial charge in [0, 0.05) is 29.2 Å². The summed E-state index contributed by atoms with van der Waals surface area (Å²) in [5, 5.41) is 2.87. The Morgan fingerprint density at radius 3 is 2.50 bits per heavy atom. The number of carbonyl (C=O) groups is 1. The van der Waals surface area contributed by atoms with Crippen molar-refractivity contribution in [3.8, 4) is 0 Å². The highest BCUT2D eigenvalue weighted by Gasteiger charge is 2.11. The fraction of sp³-hybridized carbons (Fsp3) is 0.316. The molecule has 2 aromatic rings.